The fraction of sp³-hybridized carbons (Fsp3) is 0.400. The minimum Gasteiger partial charge on any atom is -0.481 e. The van der Waals surface area contributed by atoms with Gasteiger partial charge in [0.25, 0.3) is 0 Å². The van der Waals surface area contributed by atoms with Crippen molar-refractivity contribution in [2.75, 3.05) is 6.61 Å². The molecule has 0 aliphatic carbocycles. The molecule has 1 unspecified atom stereocenters. The van der Waals surface area contributed by atoms with Gasteiger partial charge in [0.05, 0.1) is 17.6 Å². The third-order valence-electron chi connectivity index (χ3n) is 2.53. The first kappa shape index (κ1) is 10.8. The highest BCUT2D eigenvalue weighted by molar-refractivity contribution is 5.53. The lowest BCUT2D eigenvalue weighted by Gasteiger charge is -2.24. The van der Waals surface area contributed by atoms with Gasteiger partial charge in [-0.05, 0) is 18.9 Å². The zero-order valence-electron chi connectivity index (χ0n) is 8.35. The van der Waals surface area contributed by atoms with Crippen LogP contribution >= 0.6 is 0 Å². The van der Waals surface area contributed by atoms with Crippen LogP contribution in [0.15, 0.2) is 12.1 Å². The Kier molecular flexibility index (Phi) is 2.74. The molecule has 0 amide bonds. The maximum atomic E-state index is 13.1. The van der Waals surface area contributed by atoms with Crippen molar-refractivity contribution in [3.8, 4) is 5.75 Å². The highest BCUT2D eigenvalue weighted by Gasteiger charge is 2.28. The summed E-state index contributed by atoms with van der Waals surface area (Å²) in [4.78, 5) is 10.0. The third-order valence-corrected chi connectivity index (χ3v) is 2.53. The molecule has 0 spiro atoms. The van der Waals surface area contributed by atoms with Crippen molar-refractivity contribution in [1.82, 2.24) is 0 Å². The summed E-state index contributed by atoms with van der Waals surface area (Å²) >= 11 is 0. The molecule has 0 saturated carbocycles. The van der Waals surface area contributed by atoms with E-state index in [2.05, 4.69) is 0 Å². The summed E-state index contributed by atoms with van der Waals surface area (Å²) in [5.41, 5.74) is 0.101. The Balaban J connectivity index is 2.47. The molecular formula is C10H10FNO4. The van der Waals surface area contributed by atoms with Gasteiger partial charge in [0.15, 0.2) is 0 Å². The molecule has 1 atom stereocenters. The van der Waals surface area contributed by atoms with Gasteiger partial charge in [0, 0.05) is 5.56 Å². The Labute approximate surface area is 90.6 Å². The van der Waals surface area contributed by atoms with Gasteiger partial charge >= 0.3 is 5.69 Å². The topological polar surface area (TPSA) is 72.6 Å². The zero-order valence-corrected chi connectivity index (χ0v) is 8.35. The number of rotatable bonds is 2. The number of benzene rings is 1. The number of halogens is 1. The van der Waals surface area contributed by atoms with Gasteiger partial charge in [0.2, 0.25) is 5.75 Å². The van der Waals surface area contributed by atoms with Gasteiger partial charge in [-0.3, -0.25) is 10.1 Å². The number of nitrogens with zero attached hydrogens (tertiary/aromatic N) is 1. The van der Waals surface area contributed by atoms with Gasteiger partial charge in [-0.25, -0.2) is 4.39 Å². The largest absolute Gasteiger partial charge is 0.481 e. The van der Waals surface area contributed by atoms with Crippen LogP contribution in [0.5, 0.6) is 5.75 Å². The molecule has 0 bridgehead atoms. The van der Waals surface area contributed by atoms with Gasteiger partial charge in [-0.1, -0.05) is 0 Å². The van der Waals surface area contributed by atoms with Gasteiger partial charge < -0.3 is 9.84 Å². The number of hydrogen-bond acceptors (Lipinski definition) is 4. The fourth-order valence-electron chi connectivity index (χ4n) is 1.76. The van der Waals surface area contributed by atoms with Crippen LogP contribution in [0.4, 0.5) is 10.1 Å². The molecule has 1 N–H and O–H groups in total. The number of nitro groups is 1. The minimum absolute atomic E-state index is 0.0803. The highest BCUT2D eigenvalue weighted by Crippen LogP contribution is 2.37. The summed E-state index contributed by atoms with van der Waals surface area (Å²) < 4.78 is 18.4. The lowest BCUT2D eigenvalue weighted by atomic mass is 10.0. The molecule has 2 rings (SSSR count). The second kappa shape index (κ2) is 4.05. The fourth-order valence-corrected chi connectivity index (χ4v) is 1.76. The van der Waals surface area contributed by atoms with Gasteiger partial charge in [-0.2, -0.15) is 0 Å². The molecule has 0 radical (unpaired) electrons. The van der Waals surface area contributed by atoms with Crippen LogP contribution in [0.3, 0.4) is 0 Å². The Morgan fingerprint density at radius 3 is 3.00 bits per heavy atom. The van der Waals surface area contributed by atoms with Crippen molar-refractivity contribution in [3.05, 3.63) is 33.6 Å². The lowest BCUT2D eigenvalue weighted by Crippen LogP contribution is -2.26. The summed E-state index contributed by atoms with van der Waals surface area (Å²) in [5, 5.41) is 19.6. The predicted molar refractivity (Wildman–Crippen MR) is 52.9 cm³/mol. The Morgan fingerprint density at radius 1 is 1.62 bits per heavy atom. The molecular weight excluding hydrogens is 217 g/mol. The van der Waals surface area contributed by atoms with Crippen LogP contribution in [0.25, 0.3) is 0 Å². The molecule has 86 valence electrons. The van der Waals surface area contributed by atoms with Crippen LogP contribution in [-0.4, -0.2) is 22.7 Å². The van der Waals surface area contributed by atoms with Crippen LogP contribution in [-0.2, 0) is 6.42 Å². The molecule has 1 heterocycles. The van der Waals surface area contributed by atoms with E-state index in [-0.39, 0.29) is 18.0 Å². The molecule has 16 heavy (non-hydrogen) atoms. The molecule has 1 aliphatic heterocycles. The molecule has 0 fully saturated rings. The van der Waals surface area contributed by atoms with E-state index in [0.717, 1.165) is 6.07 Å². The molecule has 1 aromatic rings. The van der Waals surface area contributed by atoms with E-state index in [1.165, 1.54) is 6.07 Å². The minimum atomic E-state index is -0.679. The summed E-state index contributed by atoms with van der Waals surface area (Å²) in [5.74, 6) is -0.562. The highest BCUT2D eigenvalue weighted by atomic mass is 19.1. The second-order valence-electron chi connectivity index (χ2n) is 3.63. The van der Waals surface area contributed by atoms with E-state index in [0.29, 0.717) is 18.4 Å². The molecule has 0 aromatic heterocycles. The van der Waals surface area contributed by atoms with Crippen molar-refractivity contribution in [1.29, 1.82) is 0 Å². The lowest BCUT2D eigenvalue weighted by molar-refractivity contribution is -0.386. The first-order chi connectivity index (χ1) is 7.61. The predicted octanol–water partition coefficient (Wildman–Crippen LogP) is 1.42. The standard InChI is InChI=1S/C10H10FNO4/c11-7-3-6-1-2-8(5-13)16-10(6)9(4-7)12(14)15/h3-4,8,13H,1-2,5H2. The zero-order chi connectivity index (χ0) is 11.7. The SMILES string of the molecule is O=[N+]([O-])c1cc(F)cc2c1OC(CO)CC2. The van der Waals surface area contributed by atoms with E-state index < -0.39 is 16.8 Å². The van der Waals surface area contributed by atoms with Crippen molar-refractivity contribution >= 4 is 5.69 Å². The molecule has 1 aliphatic rings. The number of fused-ring (bicyclic) bond motifs is 1. The summed E-state index contributed by atoms with van der Waals surface area (Å²) in [6.45, 7) is -0.200. The van der Waals surface area contributed by atoms with Gasteiger partial charge in [0.1, 0.15) is 11.9 Å². The average molecular weight is 227 g/mol. The molecule has 1 aromatic carbocycles. The van der Waals surface area contributed by atoms with Crippen molar-refractivity contribution in [3.63, 3.8) is 0 Å². The number of aryl methyl sites for hydroxylation is 1. The molecule has 0 saturated heterocycles. The van der Waals surface area contributed by atoms with Crippen LogP contribution in [0.1, 0.15) is 12.0 Å². The maximum Gasteiger partial charge on any atom is 0.314 e. The Bertz CT molecular complexity index is 435. The summed E-state index contributed by atoms with van der Waals surface area (Å²) in [6.07, 6.45) is 0.556. The van der Waals surface area contributed by atoms with Crippen molar-refractivity contribution in [2.45, 2.75) is 18.9 Å². The Morgan fingerprint density at radius 2 is 2.38 bits per heavy atom. The van der Waals surface area contributed by atoms with E-state index in [4.69, 9.17) is 9.84 Å². The molecule has 5 nitrogen and oxygen atoms in total. The first-order valence-corrected chi connectivity index (χ1v) is 4.86. The summed E-state index contributed by atoms with van der Waals surface area (Å²) in [7, 11) is 0. The van der Waals surface area contributed by atoms with E-state index in [1.807, 2.05) is 0 Å². The smallest absolute Gasteiger partial charge is 0.314 e. The van der Waals surface area contributed by atoms with E-state index in [1.54, 1.807) is 0 Å². The number of aliphatic hydroxyl groups is 1. The van der Waals surface area contributed by atoms with E-state index in [9.17, 15) is 14.5 Å². The molecule has 6 heteroatoms. The monoisotopic (exact) mass is 227 g/mol. The van der Waals surface area contributed by atoms with Crippen LogP contribution in [0.2, 0.25) is 0 Å². The van der Waals surface area contributed by atoms with E-state index >= 15 is 0 Å². The third kappa shape index (κ3) is 1.83. The number of hydrogen-bond donors (Lipinski definition) is 1. The summed E-state index contributed by atoms with van der Waals surface area (Å²) in [6, 6.07) is 2.06. The number of aliphatic hydroxyl groups excluding tert-OH is 1. The van der Waals surface area contributed by atoms with Crippen molar-refractivity contribution < 1.29 is 19.2 Å². The van der Waals surface area contributed by atoms with Crippen molar-refractivity contribution in [2.24, 2.45) is 0 Å². The maximum absolute atomic E-state index is 13.1. The van der Waals surface area contributed by atoms with Gasteiger partial charge in [-0.15, -0.1) is 0 Å². The van der Waals surface area contributed by atoms with Crippen LogP contribution in [0, 0.1) is 15.9 Å². The first-order valence-electron chi connectivity index (χ1n) is 4.86. The number of ether oxygens (including phenoxy) is 1. The average Bonchev–Trinajstić information content (AvgIpc) is 2.27. The Hall–Kier alpha value is -1.69. The van der Waals surface area contributed by atoms with Crippen LogP contribution < -0.4 is 4.74 Å². The number of nitro benzene ring substituents is 1. The quantitative estimate of drug-likeness (QED) is 0.612. The normalized spacial score (nSPS) is 18.8. The second-order valence-corrected chi connectivity index (χ2v) is 3.63.